The fraction of sp³-hybridized carbons (Fsp3) is 0.238. The van der Waals surface area contributed by atoms with E-state index in [1.165, 1.54) is 0 Å². The zero-order valence-electron chi connectivity index (χ0n) is 15.4. The Morgan fingerprint density at radius 2 is 1.77 bits per heavy atom. The van der Waals surface area contributed by atoms with E-state index in [1.807, 2.05) is 67.8 Å². The lowest BCUT2D eigenvalue weighted by molar-refractivity contribution is -0.113. The lowest BCUT2D eigenvalue weighted by atomic mass is 9.93. The zero-order chi connectivity index (χ0) is 18.7. The highest BCUT2D eigenvalue weighted by atomic mass is 32.2. The Hall–Kier alpha value is -2.53. The average Bonchev–Trinajstić information content (AvgIpc) is 2.67. The Bertz CT molecular complexity index is 857. The van der Waals surface area contributed by atoms with Gasteiger partial charge in [0, 0.05) is 17.0 Å². The van der Waals surface area contributed by atoms with Crippen LogP contribution in [0.2, 0.25) is 0 Å². The standard InChI is InChI=1S/C21H22N2O2S/c1-14-19(15(2)24)20(16-10-12-18(25-3)13-11-16)22-21(26-4)23(14)17-8-6-5-7-9-17/h5-13,20H,1-4H3/t20-/m1/s1. The molecule has 0 saturated heterocycles. The number of Topliss-reactive ketones (excluding diaryl/α,β-unsaturated/α-hetero) is 1. The van der Waals surface area contributed by atoms with Crippen molar-refractivity contribution in [3.63, 3.8) is 0 Å². The molecule has 134 valence electrons. The maximum atomic E-state index is 12.5. The highest BCUT2D eigenvalue weighted by Crippen LogP contribution is 2.38. The lowest BCUT2D eigenvalue weighted by Gasteiger charge is -2.34. The van der Waals surface area contributed by atoms with E-state index in [2.05, 4.69) is 4.90 Å². The Labute approximate surface area is 158 Å². The van der Waals surface area contributed by atoms with Crippen LogP contribution in [0.4, 0.5) is 5.69 Å². The van der Waals surface area contributed by atoms with Crippen molar-refractivity contribution in [2.75, 3.05) is 18.3 Å². The SMILES string of the molecule is COc1ccc([C@H]2N=C(SC)N(c3ccccc3)C(C)=C2C(C)=O)cc1. The van der Waals surface area contributed by atoms with Crippen LogP contribution in [-0.4, -0.2) is 24.3 Å². The van der Waals surface area contributed by atoms with Gasteiger partial charge in [0.1, 0.15) is 11.8 Å². The van der Waals surface area contributed by atoms with Crippen molar-refractivity contribution in [3.8, 4) is 5.75 Å². The van der Waals surface area contributed by atoms with Crippen molar-refractivity contribution in [3.05, 3.63) is 71.4 Å². The minimum absolute atomic E-state index is 0.0353. The predicted octanol–water partition coefficient (Wildman–Crippen LogP) is 4.84. The molecule has 2 aromatic rings. The molecule has 0 spiro atoms. The summed E-state index contributed by atoms with van der Waals surface area (Å²) in [5.74, 6) is 0.822. The van der Waals surface area contributed by atoms with E-state index in [-0.39, 0.29) is 11.8 Å². The van der Waals surface area contributed by atoms with Gasteiger partial charge in [-0.1, -0.05) is 42.1 Å². The molecule has 0 amide bonds. The average molecular weight is 366 g/mol. The first-order chi connectivity index (χ1) is 12.6. The van der Waals surface area contributed by atoms with E-state index in [1.54, 1.807) is 25.8 Å². The van der Waals surface area contributed by atoms with Gasteiger partial charge in [0.05, 0.1) is 7.11 Å². The molecule has 1 heterocycles. The maximum Gasteiger partial charge on any atom is 0.168 e. The molecule has 26 heavy (non-hydrogen) atoms. The number of hydrogen-bond acceptors (Lipinski definition) is 5. The summed E-state index contributed by atoms with van der Waals surface area (Å²) in [6.45, 7) is 3.60. The molecule has 0 aliphatic carbocycles. The number of rotatable bonds is 4. The van der Waals surface area contributed by atoms with E-state index in [9.17, 15) is 4.79 Å². The van der Waals surface area contributed by atoms with Crippen LogP contribution in [0, 0.1) is 0 Å². The van der Waals surface area contributed by atoms with Crippen molar-refractivity contribution in [2.45, 2.75) is 19.9 Å². The molecule has 0 bridgehead atoms. The van der Waals surface area contributed by atoms with Gasteiger partial charge >= 0.3 is 0 Å². The third-order valence-electron chi connectivity index (χ3n) is 4.44. The molecule has 0 N–H and O–H groups in total. The quantitative estimate of drug-likeness (QED) is 0.776. The molecule has 0 unspecified atom stereocenters. The second-order valence-electron chi connectivity index (χ2n) is 6.02. The number of anilines is 1. The fourth-order valence-corrected chi connectivity index (χ4v) is 3.83. The summed E-state index contributed by atoms with van der Waals surface area (Å²) in [7, 11) is 1.64. The minimum atomic E-state index is -0.305. The monoisotopic (exact) mass is 366 g/mol. The van der Waals surface area contributed by atoms with Gasteiger partial charge in [0.15, 0.2) is 11.0 Å². The highest BCUT2D eigenvalue weighted by molar-refractivity contribution is 8.13. The van der Waals surface area contributed by atoms with Crippen molar-refractivity contribution in [1.29, 1.82) is 0 Å². The third kappa shape index (κ3) is 3.40. The summed E-state index contributed by atoms with van der Waals surface area (Å²) in [6, 6.07) is 17.5. The summed E-state index contributed by atoms with van der Waals surface area (Å²) in [5.41, 5.74) is 3.63. The zero-order valence-corrected chi connectivity index (χ0v) is 16.2. The molecule has 5 heteroatoms. The van der Waals surface area contributed by atoms with Gasteiger partial charge in [0.25, 0.3) is 0 Å². The number of aliphatic imine (C=N–C) groups is 1. The molecule has 1 atom stereocenters. The van der Waals surface area contributed by atoms with Gasteiger partial charge in [-0.2, -0.15) is 0 Å². The number of amidine groups is 1. The van der Waals surface area contributed by atoms with Crippen LogP contribution in [0.3, 0.4) is 0 Å². The Kier molecular flexibility index (Phi) is 5.47. The van der Waals surface area contributed by atoms with Crippen molar-refractivity contribution in [2.24, 2.45) is 4.99 Å². The van der Waals surface area contributed by atoms with E-state index in [0.717, 1.165) is 33.4 Å². The summed E-state index contributed by atoms with van der Waals surface area (Å²) < 4.78 is 5.24. The molecule has 4 nitrogen and oxygen atoms in total. The Balaban J connectivity index is 2.12. The lowest BCUT2D eigenvalue weighted by Crippen LogP contribution is -2.34. The van der Waals surface area contributed by atoms with E-state index in [0.29, 0.717) is 0 Å². The number of benzene rings is 2. The number of methoxy groups -OCH3 is 1. The summed E-state index contributed by atoms with van der Waals surface area (Å²) >= 11 is 1.58. The number of hydrogen-bond donors (Lipinski definition) is 0. The highest BCUT2D eigenvalue weighted by Gasteiger charge is 2.32. The van der Waals surface area contributed by atoms with Crippen LogP contribution in [0.5, 0.6) is 5.75 Å². The molecule has 0 radical (unpaired) electrons. The van der Waals surface area contributed by atoms with Crippen molar-refractivity contribution >= 4 is 28.4 Å². The summed E-state index contributed by atoms with van der Waals surface area (Å²) in [4.78, 5) is 19.5. The van der Waals surface area contributed by atoms with E-state index in [4.69, 9.17) is 9.73 Å². The Morgan fingerprint density at radius 1 is 1.12 bits per heavy atom. The van der Waals surface area contributed by atoms with Crippen molar-refractivity contribution < 1.29 is 9.53 Å². The predicted molar refractivity (Wildman–Crippen MR) is 109 cm³/mol. The molecule has 1 aliphatic rings. The second kappa shape index (κ2) is 7.79. The third-order valence-corrected chi connectivity index (χ3v) is 5.09. The first-order valence-corrected chi connectivity index (χ1v) is 9.62. The number of allylic oxidation sites excluding steroid dienone is 1. The molecule has 2 aromatic carbocycles. The first kappa shape index (κ1) is 18.3. The maximum absolute atomic E-state index is 12.5. The van der Waals surface area contributed by atoms with Gasteiger partial charge in [-0.3, -0.25) is 9.69 Å². The van der Waals surface area contributed by atoms with Crippen LogP contribution in [0.15, 0.2) is 70.9 Å². The van der Waals surface area contributed by atoms with Gasteiger partial charge in [-0.05, 0) is 49.9 Å². The second-order valence-corrected chi connectivity index (χ2v) is 6.79. The first-order valence-electron chi connectivity index (χ1n) is 8.39. The summed E-state index contributed by atoms with van der Waals surface area (Å²) in [5, 5.41) is 0.875. The number of thioether (sulfide) groups is 1. The number of ether oxygens (including phenoxy) is 1. The smallest absolute Gasteiger partial charge is 0.168 e. The van der Waals surface area contributed by atoms with Gasteiger partial charge in [-0.25, -0.2) is 4.99 Å². The normalized spacial score (nSPS) is 17.2. The van der Waals surface area contributed by atoms with E-state index < -0.39 is 0 Å². The topological polar surface area (TPSA) is 41.9 Å². The number of nitrogens with zero attached hydrogens (tertiary/aromatic N) is 2. The summed E-state index contributed by atoms with van der Waals surface area (Å²) in [6.07, 6.45) is 2.01. The van der Waals surface area contributed by atoms with Crippen LogP contribution >= 0.6 is 11.8 Å². The minimum Gasteiger partial charge on any atom is -0.497 e. The van der Waals surface area contributed by atoms with Gasteiger partial charge in [0.2, 0.25) is 0 Å². The van der Waals surface area contributed by atoms with Gasteiger partial charge in [-0.15, -0.1) is 0 Å². The number of ketones is 1. The molecule has 1 aliphatic heterocycles. The van der Waals surface area contributed by atoms with Crippen LogP contribution < -0.4 is 9.64 Å². The number of carbonyl (C=O) groups is 1. The molecular formula is C21H22N2O2S. The van der Waals surface area contributed by atoms with Crippen LogP contribution in [-0.2, 0) is 4.79 Å². The molecular weight excluding hydrogens is 344 g/mol. The van der Waals surface area contributed by atoms with Crippen LogP contribution in [0.25, 0.3) is 0 Å². The molecule has 0 aromatic heterocycles. The largest absolute Gasteiger partial charge is 0.497 e. The van der Waals surface area contributed by atoms with E-state index >= 15 is 0 Å². The fourth-order valence-electron chi connectivity index (χ4n) is 3.19. The molecule has 0 fully saturated rings. The molecule has 0 saturated carbocycles. The van der Waals surface area contributed by atoms with Crippen LogP contribution in [0.1, 0.15) is 25.5 Å². The Morgan fingerprint density at radius 3 is 2.31 bits per heavy atom. The number of carbonyl (C=O) groups excluding carboxylic acids is 1. The van der Waals surface area contributed by atoms with Crippen molar-refractivity contribution in [1.82, 2.24) is 0 Å². The van der Waals surface area contributed by atoms with Gasteiger partial charge < -0.3 is 4.74 Å². The molecule has 3 rings (SSSR count). The number of para-hydroxylation sites is 1.